The summed E-state index contributed by atoms with van der Waals surface area (Å²) in [6.07, 6.45) is 0.938. The van der Waals surface area contributed by atoms with Crippen LogP contribution in [0, 0.1) is 0 Å². The van der Waals surface area contributed by atoms with E-state index in [0.29, 0.717) is 19.8 Å². The fraction of sp³-hybridized carbons (Fsp3) is 0.500. The smallest absolute Gasteiger partial charge is 0.161 e. The van der Waals surface area contributed by atoms with Crippen molar-refractivity contribution >= 4 is 5.97 Å². The highest BCUT2D eigenvalue weighted by Crippen LogP contribution is 2.30. The van der Waals surface area contributed by atoms with Gasteiger partial charge in [-0.2, -0.15) is 0 Å². The molecule has 1 atom stereocenters. The van der Waals surface area contributed by atoms with Crippen LogP contribution in [0.25, 0.3) is 0 Å². The number of nitrogens with one attached hydrogen (secondary N) is 1. The molecule has 0 aliphatic carbocycles. The predicted octanol–water partition coefficient (Wildman–Crippen LogP) is -0.997. The summed E-state index contributed by atoms with van der Waals surface area (Å²) in [5.74, 6) is 0.487. The predicted molar refractivity (Wildman–Crippen MR) is 67.1 cm³/mol. The number of benzene rings is 1. The van der Waals surface area contributed by atoms with Crippen molar-refractivity contribution in [2.75, 3.05) is 26.3 Å². The second-order valence-electron chi connectivity index (χ2n) is 4.70. The molecule has 0 fully saturated rings. The fourth-order valence-corrected chi connectivity index (χ4v) is 2.28. The van der Waals surface area contributed by atoms with Gasteiger partial charge in [0, 0.05) is 5.56 Å². The Morgan fingerprint density at radius 2 is 2.05 bits per heavy atom. The van der Waals surface area contributed by atoms with E-state index in [1.165, 1.54) is 0 Å². The first kappa shape index (κ1) is 13.7. The molecular formula is C14H19NO4. The van der Waals surface area contributed by atoms with Crippen molar-refractivity contribution in [3.8, 4) is 11.5 Å². The number of fused-ring (bicyclic) bond motifs is 1. The SMILES string of the molecule is CCC[NH+](CC(=O)[O-])Cc1ccc2c(c1)OCCO2. The molecule has 0 aromatic heterocycles. The Morgan fingerprint density at radius 1 is 1.32 bits per heavy atom. The third-order valence-corrected chi connectivity index (χ3v) is 3.06. The van der Waals surface area contributed by atoms with Crippen LogP contribution in [0.15, 0.2) is 18.2 Å². The number of ether oxygens (including phenoxy) is 2. The molecule has 0 spiro atoms. The summed E-state index contributed by atoms with van der Waals surface area (Å²) in [7, 11) is 0. The number of carboxylic acids is 1. The van der Waals surface area contributed by atoms with E-state index in [0.717, 1.165) is 34.9 Å². The van der Waals surface area contributed by atoms with Crippen molar-refractivity contribution in [2.45, 2.75) is 19.9 Å². The average molecular weight is 265 g/mol. The molecular weight excluding hydrogens is 246 g/mol. The minimum absolute atomic E-state index is 0.0300. The molecule has 0 bridgehead atoms. The molecule has 0 radical (unpaired) electrons. The van der Waals surface area contributed by atoms with Crippen LogP contribution < -0.4 is 19.5 Å². The molecule has 0 saturated carbocycles. The summed E-state index contributed by atoms with van der Waals surface area (Å²) >= 11 is 0. The Hall–Kier alpha value is -1.75. The third kappa shape index (κ3) is 3.86. The van der Waals surface area contributed by atoms with E-state index in [1.54, 1.807) is 0 Å². The van der Waals surface area contributed by atoms with Gasteiger partial charge in [0.1, 0.15) is 26.3 Å². The van der Waals surface area contributed by atoms with Gasteiger partial charge in [-0.15, -0.1) is 0 Å². The molecule has 19 heavy (non-hydrogen) atoms. The van der Waals surface area contributed by atoms with Gasteiger partial charge in [0.05, 0.1) is 12.5 Å². The second-order valence-corrected chi connectivity index (χ2v) is 4.70. The Bertz CT molecular complexity index is 447. The lowest BCUT2D eigenvalue weighted by molar-refractivity contribution is -0.908. The lowest BCUT2D eigenvalue weighted by Gasteiger charge is -2.22. The third-order valence-electron chi connectivity index (χ3n) is 3.06. The number of aliphatic carboxylic acids is 1. The van der Waals surface area contributed by atoms with Crippen LogP contribution in [0.3, 0.4) is 0 Å². The van der Waals surface area contributed by atoms with Gasteiger partial charge >= 0.3 is 0 Å². The Labute approximate surface area is 112 Å². The normalized spacial score (nSPS) is 15.0. The van der Waals surface area contributed by atoms with Gasteiger partial charge in [0.25, 0.3) is 0 Å². The molecule has 1 unspecified atom stereocenters. The van der Waals surface area contributed by atoms with Crippen LogP contribution in [0.4, 0.5) is 0 Å². The minimum atomic E-state index is -1.01. The lowest BCUT2D eigenvalue weighted by Crippen LogP contribution is -3.12. The van der Waals surface area contributed by atoms with Gasteiger partial charge in [0.2, 0.25) is 0 Å². The van der Waals surface area contributed by atoms with Crippen LogP contribution in [0.2, 0.25) is 0 Å². The van der Waals surface area contributed by atoms with Crippen LogP contribution >= 0.6 is 0 Å². The Balaban J connectivity index is 2.05. The van der Waals surface area contributed by atoms with Crippen molar-refractivity contribution in [1.29, 1.82) is 0 Å². The average Bonchev–Trinajstić information content (AvgIpc) is 2.38. The molecule has 2 rings (SSSR count). The lowest BCUT2D eigenvalue weighted by atomic mass is 10.1. The van der Waals surface area contributed by atoms with Gasteiger partial charge in [-0.25, -0.2) is 0 Å². The van der Waals surface area contributed by atoms with Gasteiger partial charge < -0.3 is 24.3 Å². The molecule has 1 aliphatic heterocycles. The summed E-state index contributed by atoms with van der Waals surface area (Å²) < 4.78 is 11.0. The highest BCUT2D eigenvalue weighted by molar-refractivity contribution is 5.65. The highest BCUT2D eigenvalue weighted by atomic mass is 16.6. The number of rotatable bonds is 6. The van der Waals surface area contributed by atoms with Crippen molar-refractivity contribution in [2.24, 2.45) is 0 Å². The molecule has 1 aromatic rings. The molecule has 0 amide bonds. The summed E-state index contributed by atoms with van der Waals surface area (Å²) in [5.41, 5.74) is 1.05. The van der Waals surface area contributed by atoms with Gasteiger partial charge in [0.15, 0.2) is 11.5 Å². The van der Waals surface area contributed by atoms with E-state index in [2.05, 4.69) is 0 Å². The molecule has 0 saturated heterocycles. The van der Waals surface area contributed by atoms with Crippen molar-refractivity contribution < 1.29 is 24.3 Å². The van der Waals surface area contributed by atoms with Gasteiger partial charge in [-0.05, 0) is 24.6 Å². The number of hydrogen-bond donors (Lipinski definition) is 1. The van der Waals surface area contributed by atoms with E-state index in [1.807, 2.05) is 25.1 Å². The molecule has 104 valence electrons. The molecule has 1 N–H and O–H groups in total. The van der Waals surface area contributed by atoms with Crippen molar-refractivity contribution in [1.82, 2.24) is 0 Å². The standard InChI is InChI=1S/C14H19NO4/c1-2-5-15(10-14(16)17)9-11-3-4-12-13(8-11)19-7-6-18-12/h3-4,8H,2,5-7,9-10H2,1H3,(H,16,17). The number of quaternary nitrogens is 1. The Morgan fingerprint density at radius 3 is 2.74 bits per heavy atom. The van der Waals surface area contributed by atoms with E-state index in [9.17, 15) is 9.90 Å². The fourth-order valence-electron chi connectivity index (χ4n) is 2.28. The maximum Gasteiger partial charge on any atom is 0.161 e. The van der Waals surface area contributed by atoms with E-state index < -0.39 is 5.97 Å². The molecule has 1 aromatic carbocycles. The summed E-state index contributed by atoms with van der Waals surface area (Å²) in [6, 6.07) is 5.77. The molecule has 1 aliphatic rings. The van der Waals surface area contributed by atoms with E-state index in [-0.39, 0.29) is 6.54 Å². The molecule has 1 heterocycles. The zero-order chi connectivity index (χ0) is 13.7. The molecule has 5 nitrogen and oxygen atoms in total. The number of hydrogen-bond acceptors (Lipinski definition) is 4. The first-order chi connectivity index (χ1) is 9.19. The number of carbonyl (C=O) groups excluding carboxylic acids is 1. The quantitative estimate of drug-likeness (QED) is 0.717. The van der Waals surface area contributed by atoms with Crippen molar-refractivity contribution in [3.05, 3.63) is 23.8 Å². The van der Waals surface area contributed by atoms with Crippen molar-refractivity contribution in [3.63, 3.8) is 0 Å². The minimum Gasteiger partial charge on any atom is -0.544 e. The first-order valence-electron chi connectivity index (χ1n) is 6.61. The zero-order valence-corrected chi connectivity index (χ0v) is 11.1. The summed E-state index contributed by atoms with van der Waals surface area (Å²) in [4.78, 5) is 11.7. The number of carbonyl (C=O) groups is 1. The largest absolute Gasteiger partial charge is 0.544 e. The maximum absolute atomic E-state index is 10.7. The van der Waals surface area contributed by atoms with E-state index in [4.69, 9.17) is 9.47 Å². The van der Waals surface area contributed by atoms with Crippen LogP contribution in [-0.4, -0.2) is 32.3 Å². The first-order valence-corrected chi connectivity index (χ1v) is 6.61. The van der Waals surface area contributed by atoms with Crippen LogP contribution in [0.5, 0.6) is 11.5 Å². The maximum atomic E-state index is 10.7. The Kier molecular flexibility index (Phi) is 4.63. The van der Waals surface area contributed by atoms with E-state index >= 15 is 0 Å². The zero-order valence-electron chi connectivity index (χ0n) is 11.1. The highest BCUT2D eigenvalue weighted by Gasteiger charge is 2.14. The van der Waals surface area contributed by atoms with Gasteiger partial charge in [-0.3, -0.25) is 0 Å². The summed E-state index contributed by atoms with van der Waals surface area (Å²) in [6.45, 7) is 4.66. The monoisotopic (exact) mass is 265 g/mol. The number of carboxylic acid groups (broad SMARTS) is 1. The topological polar surface area (TPSA) is 63.0 Å². The van der Waals surface area contributed by atoms with Crippen LogP contribution in [0.1, 0.15) is 18.9 Å². The molecule has 5 heteroatoms. The summed E-state index contributed by atoms with van der Waals surface area (Å²) in [5, 5.41) is 10.7. The van der Waals surface area contributed by atoms with Crippen LogP contribution in [-0.2, 0) is 11.3 Å². The second kappa shape index (κ2) is 6.43. The van der Waals surface area contributed by atoms with Gasteiger partial charge in [-0.1, -0.05) is 6.92 Å².